The Labute approximate surface area is 129 Å². The molecule has 0 aliphatic heterocycles. The third-order valence-electron chi connectivity index (χ3n) is 4.04. The average molecular weight is 309 g/mol. The van der Waals surface area contributed by atoms with E-state index < -0.39 is 0 Å². The SMILES string of the molecule is CCC(C)N(CC(=O)Nc1ncc(C)s1)C(=O)C1CCC1. The molecule has 1 aliphatic carbocycles. The minimum absolute atomic E-state index is 0.0851. The van der Waals surface area contributed by atoms with Crippen LogP contribution >= 0.6 is 11.3 Å². The van der Waals surface area contributed by atoms with Crippen molar-refractivity contribution in [2.75, 3.05) is 11.9 Å². The largest absolute Gasteiger partial charge is 0.330 e. The molecule has 2 amide bonds. The van der Waals surface area contributed by atoms with Crippen molar-refractivity contribution in [2.24, 2.45) is 5.92 Å². The fourth-order valence-electron chi connectivity index (χ4n) is 2.29. The first kappa shape index (κ1) is 15.9. The maximum absolute atomic E-state index is 12.5. The standard InChI is InChI=1S/C15H23N3O2S/c1-4-10(2)18(14(20)12-6-5-7-12)9-13(19)17-15-16-8-11(3)21-15/h8,10,12H,4-7,9H2,1-3H3,(H,16,17,19). The summed E-state index contributed by atoms with van der Waals surface area (Å²) in [6.07, 6.45) is 5.61. The highest BCUT2D eigenvalue weighted by Crippen LogP contribution is 2.29. The molecule has 21 heavy (non-hydrogen) atoms. The van der Waals surface area contributed by atoms with Gasteiger partial charge in [0.2, 0.25) is 11.8 Å². The molecule has 116 valence electrons. The summed E-state index contributed by atoms with van der Waals surface area (Å²) in [6, 6.07) is 0.0851. The lowest BCUT2D eigenvalue weighted by molar-refractivity contribution is -0.142. The van der Waals surface area contributed by atoms with E-state index in [0.717, 1.165) is 30.6 Å². The molecule has 1 aromatic rings. The average Bonchev–Trinajstić information content (AvgIpc) is 2.78. The minimum atomic E-state index is -0.169. The predicted octanol–water partition coefficient (Wildman–Crippen LogP) is 2.82. The van der Waals surface area contributed by atoms with E-state index in [2.05, 4.69) is 10.3 Å². The molecule has 0 bridgehead atoms. The molecular weight excluding hydrogens is 286 g/mol. The first-order valence-corrected chi connectivity index (χ1v) is 8.35. The second kappa shape index (κ2) is 7.02. The van der Waals surface area contributed by atoms with E-state index in [1.165, 1.54) is 11.3 Å². The van der Waals surface area contributed by atoms with Gasteiger partial charge in [0.25, 0.3) is 0 Å². The van der Waals surface area contributed by atoms with E-state index in [0.29, 0.717) is 5.13 Å². The Morgan fingerprint density at radius 1 is 1.52 bits per heavy atom. The van der Waals surface area contributed by atoms with Crippen LogP contribution in [0.5, 0.6) is 0 Å². The molecule has 1 fully saturated rings. The highest BCUT2D eigenvalue weighted by atomic mass is 32.1. The molecule has 1 N–H and O–H groups in total. The predicted molar refractivity (Wildman–Crippen MR) is 84.3 cm³/mol. The monoisotopic (exact) mass is 309 g/mol. The van der Waals surface area contributed by atoms with Crippen LogP contribution in [-0.4, -0.2) is 34.3 Å². The van der Waals surface area contributed by atoms with Crippen molar-refractivity contribution in [1.82, 2.24) is 9.88 Å². The van der Waals surface area contributed by atoms with Crippen LogP contribution in [0.2, 0.25) is 0 Å². The van der Waals surface area contributed by atoms with Crippen molar-refractivity contribution in [3.8, 4) is 0 Å². The summed E-state index contributed by atoms with van der Waals surface area (Å²) in [6.45, 7) is 6.09. The second-order valence-electron chi connectivity index (χ2n) is 5.68. The van der Waals surface area contributed by atoms with Gasteiger partial charge < -0.3 is 10.2 Å². The summed E-state index contributed by atoms with van der Waals surface area (Å²) in [5, 5.41) is 3.37. The normalized spacial score (nSPS) is 16.1. The summed E-state index contributed by atoms with van der Waals surface area (Å²) >= 11 is 1.44. The van der Waals surface area contributed by atoms with Crippen molar-refractivity contribution in [3.05, 3.63) is 11.1 Å². The zero-order valence-electron chi connectivity index (χ0n) is 12.9. The molecule has 1 heterocycles. The minimum Gasteiger partial charge on any atom is -0.330 e. The van der Waals surface area contributed by atoms with Gasteiger partial charge in [0.15, 0.2) is 5.13 Å². The van der Waals surface area contributed by atoms with E-state index >= 15 is 0 Å². The maximum Gasteiger partial charge on any atom is 0.245 e. The number of carbonyl (C=O) groups is 2. The van der Waals surface area contributed by atoms with Gasteiger partial charge in [-0.15, -0.1) is 11.3 Å². The van der Waals surface area contributed by atoms with Gasteiger partial charge >= 0.3 is 0 Å². The Bertz CT molecular complexity index is 511. The van der Waals surface area contributed by atoms with Crippen molar-refractivity contribution in [3.63, 3.8) is 0 Å². The fourth-order valence-corrected chi connectivity index (χ4v) is 2.97. The van der Waals surface area contributed by atoms with Crippen LogP contribution in [0.1, 0.15) is 44.4 Å². The summed E-state index contributed by atoms with van der Waals surface area (Å²) in [5.41, 5.74) is 0. The van der Waals surface area contributed by atoms with Gasteiger partial charge in [-0.1, -0.05) is 13.3 Å². The summed E-state index contributed by atoms with van der Waals surface area (Å²) in [7, 11) is 0. The van der Waals surface area contributed by atoms with E-state index in [1.807, 2.05) is 20.8 Å². The third kappa shape index (κ3) is 4.03. The summed E-state index contributed by atoms with van der Waals surface area (Å²) in [5.74, 6) is 0.0762. The first-order valence-electron chi connectivity index (χ1n) is 7.54. The van der Waals surface area contributed by atoms with E-state index in [9.17, 15) is 9.59 Å². The molecule has 1 aliphatic rings. The molecule has 0 radical (unpaired) electrons. The van der Waals surface area contributed by atoms with Gasteiger partial charge in [-0.3, -0.25) is 9.59 Å². The Morgan fingerprint density at radius 3 is 2.71 bits per heavy atom. The Hall–Kier alpha value is -1.43. The number of thiazole rings is 1. The number of nitrogens with one attached hydrogen (secondary N) is 1. The summed E-state index contributed by atoms with van der Waals surface area (Å²) < 4.78 is 0. The highest BCUT2D eigenvalue weighted by molar-refractivity contribution is 7.15. The Balaban J connectivity index is 1.96. The van der Waals surface area contributed by atoms with Gasteiger partial charge in [-0.25, -0.2) is 4.98 Å². The number of rotatable bonds is 6. The number of aryl methyl sites for hydroxylation is 1. The van der Waals surface area contributed by atoms with E-state index in [4.69, 9.17) is 0 Å². The Kier molecular flexibility index (Phi) is 5.33. The molecule has 0 saturated heterocycles. The van der Waals surface area contributed by atoms with Crippen molar-refractivity contribution in [1.29, 1.82) is 0 Å². The molecule has 0 spiro atoms. The van der Waals surface area contributed by atoms with E-state index in [1.54, 1.807) is 11.1 Å². The van der Waals surface area contributed by atoms with Crippen molar-refractivity contribution >= 4 is 28.3 Å². The molecular formula is C15H23N3O2S. The number of hydrogen-bond donors (Lipinski definition) is 1. The zero-order valence-corrected chi connectivity index (χ0v) is 13.7. The van der Waals surface area contributed by atoms with Crippen LogP contribution in [0.25, 0.3) is 0 Å². The smallest absolute Gasteiger partial charge is 0.245 e. The second-order valence-corrected chi connectivity index (χ2v) is 6.91. The van der Waals surface area contributed by atoms with Crippen molar-refractivity contribution in [2.45, 2.75) is 52.5 Å². The maximum atomic E-state index is 12.5. The quantitative estimate of drug-likeness (QED) is 0.879. The molecule has 1 saturated carbocycles. The number of nitrogens with zero attached hydrogens (tertiary/aromatic N) is 2. The van der Waals surface area contributed by atoms with E-state index in [-0.39, 0.29) is 30.3 Å². The lowest BCUT2D eigenvalue weighted by Crippen LogP contribution is -2.47. The lowest BCUT2D eigenvalue weighted by atomic mass is 9.84. The topological polar surface area (TPSA) is 62.3 Å². The van der Waals surface area contributed by atoms with Gasteiger partial charge in [-0.05, 0) is 33.1 Å². The number of anilines is 1. The number of aromatic nitrogens is 1. The highest BCUT2D eigenvalue weighted by Gasteiger charge is 2.32. The number of carbonyl (C=O) groups excluding carboxylic acids is 2. The molecule has 1 atom stereocenters. The van der Waals surface area contributed by atoms with Crippen LogP contribution in [0.4, 0.5) is 5.13 Å². The summed E-state index contributed by atoms with van der Waals surface area (Å²) in [4.78, 5) is 31.5. The van der Waals surface area contributed by atoms with Gasteiger partial charge in [0.05, 0.1) is 0 Å². The fraction of sp³-hybridized carbons (Fsp3) is 0.667. The van der Waals surface area contributed by atoms with Crippen LogP contribution < -0.4 is 5.32 Å². The molecule has 1 unspecified atom stereocenters. The number of amides is 2. The van der Waals surface area contributed by atoms with Gasteiger partial charge in [0, 0.05) is 23.0 Å². The van der Waals surface area contributed by atoms with Gasteiger partial charge in [-0.2, -0.15) is 0 Å². The van der Waals surface area contributed by atoms with Crippen LogP contribution in [0.3, 0.4) is 0 Å². The zero-order chi connectivity index (χ0) is 15.4. The molecule has 1 aromatic heterocycles. The molecule has 0 aromatic carbocycles. The van der Waals surface area contributed by atoms with Crippen LogP contribution in [0.15, 0.2) is 6.20 Å². The molecule has 6 heteroatoms. The third-order valence-corrected chi connectivity index (χ3v) is 4.87. The Morgan fingerprint density at radius 2 is 2.24 bits per heavy atom. The van der Waals surface area contributed by atoms with Crippen LogP contribution in [-0.2, 0) is 9.59 Å². The molecule has 2 rings (SSSR count). The van der Waals surface area contributed by atoms with Gasteiger partial charge in [0.1, 0.15) is 6.54 Å². The molecule has 5 nitrogen and oxygen atoms in total. The van der Waals surface area contributed by atoms with Crippen LogP contribution in [0, 0.1) is 12.8 Å². The first-order chi connectivity index (χ1) is 10.0. The number of hydrogen-bond acceptors (Lipinski definition) is 4. The lowest BCUT2D eigenvalue weighted by Gasteiger charge is -2.34. The van der Waals surface area contributed by atoms with Crippen molar-refractivity contribution < 1.29 is 9.59 Å².